The van der Waals surface area contributed by atoms with Gasteiger partial charge in [0, 0.05) is 25.3 Å². The zero-order valence-electron chi connectivity index (χ0n) is 12.1. The van der Waals surface area contributed by atoms with Crippen molar-refractivity contribution in [3.8, 4) is 0 Å². The van der Waals surface area contributed by atoms with Gasteiger partial charge in [0.2, 0.25) is 5.91 Å². The molecule has 1 N–H and O–H groups in total. The maximum atomic E-state index is 10.9. The lowest BCUT2D eigenvalue weighted by molar-refractivity contribution is -0.119. The first-order valence-electron chi connectivity index (χ1n) is 7.66. The van der Waals surface area contributed by atoms with Crippen molar-refractivity contribution < 1.29 is 4.79 Å². The summed E-state index contributed by atoms with van der Waals surface area (Å²) in [7, 11) is 0. The third kappa shape index (κ3) is 4.45. The Morgan fingerprint density at radius 1 is 1.32 bits per heavy atom. The molecule has 3 nitrogen and oxygen atoms in total. The summed E-state index contributed by atoms with van der Waals surface area (Å²) in [5, 5.41) is 4.12. The second kappa shape index (κ2) is 7.07. The summed E-state index contributed by atoms with van der Waals surface area (Å²) in [5.74, 6) is 0.787. The van der Waals surface area contributed by atoms with Crippen molar-refractivity contribution in [2.75, 3.05) is 31.5 Å². The number of hydrogen-bond donors (Lipinski definition) is 1. The number of carbonyl (C=O) groups excluding carboxylic acids is 1. The number of likely N-dealkylation sites (tertiary alicyclic amines) is 1. The number of nitrogens with zero attached hydrogens (tertiary/aromatic N) is 1. The number of rotatable bonds is 5. The topological polar surface area (TPSA) is 32.3 Å². The lowest BCUT2D eigenvalue weighted by atomic mass is 9.86. The monoisotopic (exact) mass is 330 g/mol. The zero-order valence-corrected chi connectivity index (χ0v) is 13.7. The second-order valence-electron chi connectivity index (χ2n) is 6.50. The summed E-state index contributed by atoms with van der Waals surface area (Å²) in [6.45, 7) is 6.16. The molecule has 1 amide bonds. The fourth-order valence-electron chi connectivity index (χ4n) is 3.57. The van der Waals surface area contributed by atoms with Gasteiger partial charge in [-0.15, -0.1) is 0 Å². The van der Waals surface area contributed by atoms with Crippen molar-refractivity contribution in [1.29, 1.82) is 0 Å². The summed E-state index contributed by atoms with van der Waals surface area (Å²) < 4.78 is 0. The number of hydrogen-bond acceptors (Lipinski definition) is 2. The van der Waals surface area contributed by atoms with Crippen molar-refractivity contribution in [3.05, 3.63) is 0 Å². The molecule has 0 aromatic carbocycles. The highest BCUT2D eigenvalue weighted by Crippen LogP contribution is 2.40. The van der Waals surface area contributed by atoms with Crippen LogP contribution in [-0.4, -0.2) is 42.3 Å². The quantitative estimate of drug-likeness (QED) is 0.786. The second-order valence-corrected chi connectivity index (χ2v) is 7.06. The lowest BCUT2D eigenvalue weighted by Gasteiger charge is -2.38. The number of alkyl halides is 1. The van der Waals surface area contributed by atoms with E-state index < -0.39 is 0 Å². The molecule has 1 saturated carbocycles. The van der Waals surface area contributed by atoms with Gasteiger partial charge in [0.1, 0.15) is 0 Å². The van der Waals surface area contributed by atoms with Gasteiger partial charge in [0.25, 0.3) is 0 Å². The van der Waals surface area contributed by atoms with E-state index in [1.807, 2.05) is 0 Å². The van der Waals surface area contributed by atoms with Gasteiger partial charge in [-0.2, -0.15) is 0 Å². The number of nitrogens with one attached hydrogen (secondary N) is 1. The molecule has 0 atom stereocenters. The van der Waals surface area contributed by atoms with E-state index in [1.54, 1.807) is 6.92 Å². The van der Waals surface area contributed by atoms with Gasteiger partial charge in [-0.3, -0.25) is 4.79 Å². The van der Waals surface area contributed by atoms with E-state index in [2.05, 4.69) is 26.1 Å². The molecule has 1 heterocycles. The van der Waals surface area contributed by atoms with Crippen molar-refractivity contribution in [2.45, 2.75) is 45.4 Å². The Morgan fingerprint density at radius 2 is 1.95 bits per heavy atom. The minimum absolute atomic E-state index is 0.103. The van der Waals surface area contributed by atoms with Crippen LogP contribution in [0.25, 0.3) is 0 Å². The van der Waals surface area contributed by atoms with Gasteiger partial charge in [-0.05, 0) is 50.1 Å². The van der Waals surface area contributed by atoms with E-state index in [9.17, 15) is 4.79 Å². The van der Waals surface area contributed by atoms with Crippen LogP contribution in [0.4, 0.5) is 0 Å². The summed E-state index contributed by atoms with van der Waals surface area (Å²) in [6, 6.07) is 0. The summed E-state index contributed by atoms with van der Waals surface area (Å²) >= 11 is 3.74. The molecule has 0 unspecified atom stereocenters. The SMILES string of the molecule is CC(=O)NCC1CCN(CC2(CBr)CCCC2)CC1. The molecule has 0 radical (unpaired) electrons. The molecule has 0 aromatic heterocycles. The predicted molar refractivity (Wildman–Crippen MR) is 82.5 cm³/mol. The summed E-state index contributed by atoms with van der Waals surface area (Å²) in [5.41, 5.74) is 0.546. The lowest BCUT2D eigenvalue weighted by Crippen LogP contribution is -2.43. The minimum atomic E-state index is 0.103. The van der Waals surface area contributed by atoms with Crippen LogP contribution < -0.4 is 5.32 Å². The Kier molecular flexibility index (Phi) is 5.70. The molecular formula is C15H27BrN2O. The maximum absolute atomic E-state index is 10.9. The molecular weight excluding hydrogens is 304 g/mol. The first-order chi connectivity index (χ1) is 9.13. The molecule has 0 bridgehead atoms. The Morgan fingerprint density at radius 3 is 2.47 bits per heavy atom. The average molecular weight is 331 g/mol. The third-order valence-electron chi connectivity index (χ3n) is 4.85. The number of carbonyl (C=O) groups is 1. The van der Waals surface area contributed by atoms with Crippen LogP contribution >= 0.6 is 15.9 Å². The van der Waals surface area contributed by atoms with Crippen LogP contribution in [0.3, 0.4) is 0 Å². The van der Waals surface area contributed by atoms with Gasteiger partial charge in [0.15, 0.2) is 0 Å². The number of amides is 1. The van der Waals surface area contributed by atoms with Gasteiger partial charge in [-0.25, -0.2) is 0 Å². The highest BCUT2D eigenvalue weighted by atomic mass is 79.9. The Labute approximate surface area is 125 Å². The Balaban J connectivity index is 1.72. The molecule has 1 aliphatic carbocycles. The van der Waals surface area contributed by atoms with E-state index in [0.717, 1.165) is 11.9 Å². The number of piperidine rings is 1. The van der Waals surface area contributed by atoms with E-state index in [1.165, 1.54) is 58.2 Å². The van der Waals surface area contributed by atoms with Crippen LogP contribution in [0.15, 0.2) is 0 Å². The molecule has 19 heavy (non-hydrogen) atoms. The van der Waals surface area contributed by atoms with Crippen molar-refractivity contribution in [2.24, 2.45) is 11.3 Å². The molecule has 2 rings (SSSR count). The van der Waals surface area contributed by atoms with Crippen molar-refractivity contribution in [3.63, 3.8) is 0 Å². The van der Waals surface area contributed by atoms with Crippen molar-refractivity contribution >= 4 is 21.8 Å². The van der Waals surface area contributed by atoms with Gasteiger partial charge >= 0.3 is 0 Å². The Hall–Kier alpha value is -0.0900. The fraction of sp³-hybridized carbons (Fsp3) is 0.933. The van der Waals surface area contributed by atoms with E-state index >= 15 is 0 Å². The molecule has 4 heteroatoms. The van der Waals surface area contributed by atoms with Crippen molar-refractivity contribution in [1.82, 2.24) is 10.2 Å². The average Bonchev–Trinajstić information content (AvgIpc) is 2.87. The van der Waals surface area contributed by atoms with Crippen LogP contribution in [-0.2, 0) is 4.79 Å². The normalized spacial score (nSPS) is 24.5. The maximum Gasteiger partial charge on any atom is 0.216 e. The van der Waals surface area contributed by atoms with E-state index in [0.29, 0.717) is 11.3 Å². The molecule has 0 spiro atoms. The molecule has 1 aliphatic heterocycles. The van der Waals surface area contributed by atoms with E-state index in [-0.39, 0.29) is 5.91 Å². The molecule has 110 valence electrons. The molecule has 1 saturated heterocycles. The molecule has 0 aromatic rings. The zero-order chi connectivity index (χ0) is 13.7. The van der Waals surface area contributed by atoms with Gasteiger partial charge < -0.3 is 10.2 Å². The highest BCUT2D eigenvalue weighted by molar-refractivity contribution is 9.09. The first-order valence-corrected chi connectivity index (χ1v) is 8.78. The molecule has 2 aliphatic rings. The minimum Gasteiger partial charge on any atom is -0.356 e. The third-order valence-corrected chi connectivity index (χ3v) is 6.04. The van der Waals surface area contributed by atoms with E-state index in [4.69, 9.17) is 0 Å². The van der Waals surface area contributed by atoms with Gasteiger partial charge in [-0.1, -0.05) is 28.8 Å². The largest absolute Gasteiger partial charge is 0.356 e. The summed E-state index contributed by atoms with van der Waals surface area (Å²) in [4.78, 5) is 13.6. The smallest absolute Gasteiger partial charge is 0.216 e. The number of halogens is 1. The molecule has 2 fully saturated rings. The fourth-order valence-corrected chi connectivity index (χ4v) is 4.31. The van der Waals surface area contributed by atoms with Crippen LogP contribution in [0.5, 0.6) is 0 Å². The van der Waals surface area contributed by atoms with Crippen LogP contribution in [0, 0.1) is 11.3 Å². The first kappa shape index (κ1) is 15.3. The van der Waals surface area contributed by atoms with Crippen LogP contribution in [0.1, 0.15) is 45.4 Å². The van der Waals surface area contributed by atoms with Gasteiger partial charge in [0.05, 0.1) is 0 Å². The standard InChI is InChI=1S/C15H27BrN2O/c1-13(19)17-10-14-4-8-18(9-5-14)12-15(11-16)6-2-3-7-15/h14H,2-12H2,1H3,(H,17,19). The van der Waals surface area contributed by atoms with Crippen LogP contribution in [0.2, 0.25) is 0 Å². The summed E-state index contributed by atoms with van der Waals surface area (Å²) in [6.07, 6.45) is 8.07. The predicted octanol–water partition coefficient (Wildman–Crippen LogP) is 2.79. The Bertz CT molecular complexity index is 295. The highest BCUT2D eigenvalue weighted by Gasteiger charge is 2.35.